The van der Waals surface area contributed by atoms with Crippen LogP contribution >= 0.6 is 0 Å². The van der Waals surface area contributed by atoms with E-state index in [0.29, 0.717) is 6.42 Å². The molecule has 0 fully saturated rings. The lowest BCUT2D eigenvalue weighted by atomic mass is 9.99. The van der Waals surface area contributed by atoms with Crippen LogP contribution in [0.1, 0.15) is 30.6 Å². The fourth-order valence-electron chi connectivity index (χ4n) is 1.76. The summed E-state index contributed by atoms with van der Waals surface area (Å²) < 4.78 is 22.7. The van der Waals surface area contributed by atoms with Crippen LogP contribution < -0.4 is 5.32 Å². The van der Waals surface area contributed by atoms with Gasteiger partial charge in [0.1, 0.15) is 6.04 Å². The van der Waals surface area contributed by atoms with Crippen molar-refractivity contribution >= 4 is 21.7 Å². The molecule has 0 spiro atoms. The van der Waals surface area contributed by atoms with E-state index in [0.717, 1.165) is 6.26 Å². The van der Waals surface area contributed by atoms with Gasteiger partial charge in [-0.05, 0) is 30.2 Å². The molecule has 2 atom stereocenters. The predicted octanol–water partition coefficient (Wildman–Crippen LogP) is 1.32. The maximum absolute atomic E-state index is 12.0. The van der Waals surface area contributed by atoms with Crippen molar-refractivity contribution in [3.63, 3.8) is 0 Å². The molecule has 1 amide bonds. The molecule has 2 N–H and O–H groups in total. The number of sulfone groups is 1. The third kappa shape index (κ3) is 4.56. The molecule has 1 rings (SSSR count). The van der Waals surface area contributed by atoms with Crippen molar-refractivity contribution in [2.24, 2.45) is 5.92 Å². The lowest BCUT2D eigenvalue weighted by molar-refractivity contribution is -0.140. The van der Waals surface area contributed by atoms with Crippen LogP contribution in [0, 0.1) is 5.92 Å². The van der Waals surface area contributed by atoms with Crippen LogP contribution in [0.4, 0.5) is 0 Å². The lowest BCUT2D eigenvalue weighted by Crippen LogP contribution is -2.45. The van der Waals surface area contributed by atoms with Crippen LogP contribution in [0.25, 0.3) is 0 Å². The van der Waals surface area contributed by atoms with Gasteiger partial charge in [0.05, 0.1) is 4.90 Å². The van der Waals surface area contributed by atoms with Gasteiger partial charge in [-0.1, -0.05) is 20.3 Å². The highest BCUT2D eigenvalue weighted by atomic mass is 32.2. The Hall–Kier alpha value is -1.89. The number of carboxylic acids is 1. The monoisotopic (exact) mass is 313 g/mol. The number of rotatable bonds is 6. The third-order valence-electron chi connectivity index (χ3n) is 3.31. The summed E-state index contributed by atoms with van der Waals surface area (Å²) in [6.07, 6.45) is 1.69. The van der Waals surface area contributed by atoms with Crippen molar-refractivity contribution in [3.05, 3.63) is 29.8 Å². The van der Waals surface area contributed by atoms with E-state index in [1.807, 2.05) is 6.92 Å². The second kappa shape index (κ2) is 6.71. The van der Waals surface area contributed by atoms with E-state index in [4.69, 9.17) is 5.11 Å². The van der Waals surface area contributed by atoms with Crippen molar-refractivity contribution in [1.82, 2.24) is 5.32 Å². The van der Waals surface area contributed by atoms with Gasteiger partial charge in [-0.3, -0.25) is 4.79 Å². The van der Waals surface area contributed by atoms with Gasteiger partial charge in [0.25, 0.3) is 5.91 Å². The van der Waals surface area contributed by atoms with Crippen LogP contribution in [-0.4, -0.2) is 37.7 Å². The molecule has 0 bridgehead atoms. The van der Waals surface area contributed by atoms with Crippen molar-refractivity contribution in [2.75, 3.05) is 6.26 Å². The second-order valence-corrected chi connectivity index (χ2v) is 6.99. The SMILES string of the molecule is CC[C@H](C)[C@H](NC(=O)c1ccc(S(C)(=O)=O)cc1)C(=O)O. The Bertz CT molecular complexity index is 621. The van der Waals surface area contributed by atoms with Gasteiger partial charge in [-0.25, -0.2) is 13.2 Å². The van der Waals surface area contributed by atoms with Crippen molar-refractivity contribution < 1.29 is 23.1 Å². The van der Waals surface area contributed by atoms with E-state index in [2.05, 4.69) is 5.32 Å². The minimum atomic E-state index is -3.32. The van der Waals surface area contributed by atoms with Crippen LogP contribution in [0.15, 0.2) is 29.2 Å². The highest BCUT2D eigenvalue weighted by Crippen LogP contribution is 2.12. The van der Waals surface area contributed by atoms with Crippen molar-refractivity contribution in [3.8, 4) is 0 Å². The summed E-state index contributed by atoms with van der Waals surface area (Å²) in [6.45, 7) is 3.58. The Labute approximate surface area is 124 Å². The third-order valence-corrected chi connectivity index (χ3v) is 4.44. The predicted molar refractivity (Wildman–Crippen MR) is 77.9 cm³/mol. The van der Waals surface area contributed by atoms with Gasteiger partial charge < -0.3 is 10.4 Å². The summed E-state index contributed by atoms with van der Waals surface area (Å²) in [6, 6.07) is 4.40. The zero-order valence-electron chi connectivity index (χ0n) is 12.2. The molecule has 1 aromatic rings. The number of carboxylic acid groups (broad SMARTS) is 1. The van der Waals surface area contributed by atoms with Gasteiger partial charge in [0.2, 0.25) is 0 Å². The zero-order valence-corrected chi connectivity index (χ0v) is 13.0. The largest absolute Gasteiger partial charge is 0.480 e. The topological polar surface area (TPSA) is 101 Å². The van der Waals surface area contributed by atoms with E-state index in [1.165, 1.54) is 24.3 Å². The molecule has 6 nitrogen and oxygen atoms in total. The number of hydrogen-bond donors (Lipinski definition) is 2. The van der Waals surface area contributed by atoms with Gasteiger partial charge in [0.15, 0.2) is 9.84 Å². The zero-order chi connectivity index (χ0) is 16.2. The van der Waals surface area contributed by atoms with E-state index < -0.39 is 27.8 Å². The highest BCUT2D eigenvalue weighted by Gasteiger charge is 2.25. The molecule has 21 heavy (non-hydrogen) atoms. The lowest BCUT2D eigenvalue weighted by Gasteiger charge is -2.20. The van der Waals surface area contributed by atoms with E-state index >= 15 is 0 Å². The molecule has 0 saturated carbocycles. The van der Waals surface area contributed by atoms with Crippen LogP contribution in [0.3, 0.4) is 0 Å². The number of carbonyl (C=O) groups is 2. The number of carbonyl (C=O) groups excluding carboxylic acids is 1. The standard InChI is InChI=1S/C14H19NO5S/c1-4-9(2)12(14(17)18)15-13(16)10-5-7-11(8-6-10)21(3,19)20/h5-9,12H,4H2,1-3H3,(H,15,16)(H,17,18)/t9-,12-/m0/s1. The Morgan fingerprint density at radius 3 is 2.14 bits per heavy atom. The molecule has 0 aliphatic carbocycles. The number of amides is 1. The van der Waals surface area contributed by atoms with Crippen LogP contribution in [0.5, 0.6) is 0 Å². The maximum atomic E-state index is 12.0. The summed E-state index contributed by atoms with van der Waals surface area (Å²) in [5.41, 5.74) is 0.219. The first kappa shape index (κ1) is 17.2. The summed E-state index contributed by atoms with van der Waals surface area (Å²) in [7, 11) is -3.32. The molecule has 0 radical (unpaired) electrons. The Kier molecular flexibility index (Phi) is 5.48. The number of hydrogen-bond acceptors (Lipinski definition) is 4. The van der Waals surface area contributed by atoms with Crippen molar-refractivity contribution in [1.29, 1.82) is 0 Å². The molecule has 0 heterocycles. The first-order valence-electron chi connectivity index (χ1n) is 6.50. The first-order valence-corrected chi connectivity index (χ1v) is 8.39. The molecular formula is C14H19NO5S. The molecule has 0 unspecified atom stereocenters. The smallest absolute Gasteiger partial charge is 0.326 e. The average molecular weight is 313 g/mol. The average Bonchev–Trinajstić information content (AvgIpc) is 2.42. The first-order chi connectivity index (χ1) is 9.66. The van der Waals surface area contributed by atoms with E-state index in [-0.39, 0.29) is 16.4 Å². The summed E-state index contributed by atoms with van der Waals surface area (Å²) in [4.78, 5) is 23.3. The quantitative estimate of drug-likeness (QED) is 0.825. The summed E-state index contributed by atoms with van der Waals surface area (Å²) in [5.74, 6) is -1.84. The highest BCUT2D eigenvalue weighted by molar-refractivity contribution is 7.90. The van der Waals surface area contributed by atoms with Gasteiger partial charge >= 0.3 is 5.97 Å². The molecular weight excluding hydrogens is 294 g/mol. The molecule has 116 valence electrons. The summed E-state index contributed by atoms with van der Waals surface area (Å²) >= 11 is 0. The van der Waals surface area contributed by atoms with Gasteiger partial charge in [-0.2, -0.15) is 0 Å². The van der Waals surface area contributed by atoms with E-state index in [1.54, 1.807) is 6.92 Å². The normalized spacial score (nSPS) is 14.2. The molecule has 1 aromatic carbocycles. The number of aliphatic carboxylic acids is 1. The molecule has 0 aromatic heterocycles. The molecule has 7 heteroatoms. The Morgan fingerprint density at radius 2 is 1.76 bits per heavy atom. The van der Waals surface area contributed by atoms with Crippen molar-refractivity contribution in [2.45, 2.75) is 31.2 Å². The van der Waals surface area contributed by atoms with Gasteiger partial charge in [0, 0.05) is 11.8 Å². The Balaban J connectivity index is 2.91. The number of nitrogens with one attached hydrogen (secondary N) is 1. The minimum Gasteiger partial charge on any atom is -0.480 e. The molecule has 0 aliphatic heterocycles. The minimum absolute atomic E-state index is 0.107. The van der Waals surface area contributed by atoms with Crippen LogP contribution in [-0.2, 0) is 14.6 Å². The second-order valence-electron chi connectivity index (χ2n) is 4.97. The fraction of sp³-hybridized carbons (Fsp3) is 0.429. The summed E-state index contributed by atoms with van der Waals surface area (Å²) in [5, 5.41) is 11.6. The van der Waals surface area contributed by atoms with Gasteiger partial charge in [-0.15, -0.1) is 0 Å². The molecule has 0 aliphatic rings. The number of benzene rings is 1. The van der Waals surface area contributed by atoms with E-state index in [9.17, 15) is 18.0 Å². The Morgan fingerprint density at radius 1 is 1.24 bits per heavy atom. The molecule has 0 saturated heterocycles. The fourth-order valence-corrected chi connectivity index (χ4v) is 2.39. The van der Waals surface area contributed by atoms with Crippen LogP contribution in [0.2, 0.25) is 0 Å². The maximum Gasteiger partial charge on any atom is 0.326 e.